The summed E-state index contributed by atoms with van der Waals surface area (Å²) in [6, 6.07) is 0. The van der Waals surface area contributed by atoms with Gasteiger partial charge in [0.15, 0.2) is 0 Å². The van der Waals surface area contributed by atoms with Crippen molar-refractivity contribution >= 4 is 5.91 Å². The van der Waals surface area contributed by atoms with Gasteiger partial charge in [0.1, 0.15) is 0 Å². The van der Waals surface area contributed by atoms with E-state index in [9.17, 15) is 4.79 Å². The van der Waals surface area contributed by atoms with Crippen LogP contribution >= 0.6 is 0 Å². The number of amides is 1. The molecule has 0 bridgehead atoms. The SMILES string of the molecule is CCOCCOCCCCCCCCOCCNC(C)=O. The third kappa shape index (κ3) is 19.4. The monoisotopic (exact) mass is 303 g/mol. The van der Waals surface area contributed by atoms with E-state index in [1.807, 2.05) is 6.92 Å². The number of carbonyl (C=O) groups excluding carboxylic acids is 1. The Morgan fingerprint density at radius 1 is 0.762 bits per heavy atom. The van der Waals surface area contributed by atoms with Crippen LogP contribution in [0.2, 0.25) is 0 Å². The van der Waals surface area contributed by atoms with Crippen LogP contribution in [0.15, 0.2) is 0 Å². The van der Waals surface area contributed by atoms with E-state index in [0.29, 0.717) is 26.4 Å². The highest BCUT2D eigenvalue weighted by atomic mass is 16.5. The van der Waals surface area contributed by atoms with Crippen LogP contribution in [0.4, 0.5) is 0 Å². The van der Waals surface area contributed by atoms with Gasteiger partial charge in [-0.1, -0.05) is 25.7 Å². The van der Waals surface area contributed by atoms with Crippen LogP contribution in [-0.2, 0) is 19.0 Å². The molecule has 126 valence electrons. The van der Waals surface area contributed by atoms with Crippen molar-refractivity contribution in [2.24, 2.45) is 0 Å². The normalized spacial score (nSPS) is 10.8. The highest BCUT2D eigenvalue weighted by molar-refractivity contribution is 5.72. The summed E-state index contributed by atoms with van der Waals surface area (Å²) in [4.78, 5) is 10.6. The lowest BCUT2D eigenvalue weighted by atomic mass is 10.1. The number of hydrogen-bond donors (Lipinski definition) is 1. The zero-order chi connectivity index (χ0) is 15.6. The molecule has 0 aromatic carbocycles. The highest BCUT2D eigenvalue weighted by Crippen LogP contribution is 2.05. The predicted molar refractivity (Wildman–Crippen MR) is 84.5 cm³/mol. The van der Waals surface area contributed by atoms with Crippen molar-refractivity contribution in [2.45, 2.75) is 52.4 Å². The summed E-state index contributed by atoms with van der Waals surface area (Å²) in [5, 5.41) is 2.71. The molecule has 0 fully saturated rings. The van der Waals surface area contributed by atoms with Crippen LogP contribution in [0.5, 0.6) is 0 Å². The second-order valence-corrected chi connectivity index (χ2v) is 5.03. The third-order valence-electron chi connectivity index (χ3n) is 3.02. The van der Waals surface area contributed by atoms with Gasteiger partial charge < -0.3 is 19.5 Å². The first-order chi connectivity index (χ1) is 10.3. The Morgan fingerprint density at radius 2 is 1.29 bits per heavy atom. The van der Waals surface area contributed by atoms with Crippen molar-refractivity contribution in [3.05, 3.63) is 0 Å². The van der Waals surface area contributed by atoms with E-state index in [1.165, 1.54) is 32.6 Å². The molecule has 21 heavy (non-hydrogen) atoms. The summed E-state index contributed by atoms with van der Waals surface area (Å²) in [5.74, 6) is 0.000434. The molecule has 0 unspecified atom stereocenters. The van der Waals surface area contributed by atoms with Gasteiger partial charge in [-0.25, -0.2) is 0 Å². The van der Waals surface area contributed by atoms with Crippen LogP contribution in [0.3, 0.4) is 0 Å². The van der Waals surface area contributed by atoms with E-state index in [2.05, 4.69) is 5.32 Å². The van der Waals surface area contributed by atoms with Gasteiger partial charge in [0.05, 0.1) is 19.8 Å². The Balaban J connectivity index is 2.95. The number of carbonyl (C=O) groups is 1. The molecule has 0 aromatic rings. The van der Waals surface area contributed by atoms with Crippen LogP contribution in [0, 0.1) is 0 Å². The summed E-state index contributed by atoms with van der Waals surface area (Å²) >= 11 is 0. The fourth-order valence-corrected chi connectivity index (χ4v) is 1.88. The smallest absolute Gasteiger partial charge is 0.216 e. The van der Waals surface area contributed by atoms with Crippen molar-refractivity contribution in [2.75, 3.05) is 46.2 Å². The quantitative estimate of drug-likeness (QED) is 0.445. The number of rotatable bonds is 16. The molecule has 1 amide bonds. The van der Waals surface area contributed by atoms with Crippen LogP contribution in [0.1, 0.15) is 52.4 Å². The lowest BCUT2D eigenvalue weighted by Crippen LogP contribution is -2.24. The standard InChI is InChI=1S/C16H33NO4/c1-3-19-14-15-21-12-9-7-5-4-6-8-11-20-13-10-17-16(2)18/h3-15H2,1-2H3,(H,17,18). The third-order valence-corrected chi connectivity index (χ3v) is 3.02. The van der Waals surface area contributed by atoms with Crippen molar-refractivity contribution in [1.29, 1.82) is 0 Å². The number of nitrogens with one attached hydrogen (secondary N) is 1. The largest absolute Gasteiger partial charge is 0.380 e. The average Bonchev–Trinajstić information content (AvgIpc) is 2.46. The van der Waals surface area contributed by atoms with Crippen molar-refractivity contribution < 1.29 is 19.0 Å². The first-order valence-electron chi connectivity index (χ1n) is 8.25. The second-order valence-electron chi connectivity index (χ2n) is 5.03. The molecule has 0 aliphatic heterocycles. The second kappa shape index (κ2) is 17.4. The van der Waals surface area contributed by atoms with E-state index >= 15 is 0 Å². The summed E-state index contributed by atoms with van der Waals surface area (Å²) in [6.45, 7) is 8.55. The molecule has 0 aliphatic carbocycles. The Kier molecular flexibility index (Phi) is 16.9. The van der Waals surface area contributed by atoms with Crippen LogP contribution in [0.25, 0.3) is 0 Å². The van der Waals surface area contributed by atoms with E-state index in [4.69, 9.17) is 14.2 Å². The Hall–Kier alpha value is -0.650. The molecule has 1 N–H and O–H groups in total. The zero-order valence-electron chi connectivity index (χ0n) is 13.8. The highest BCUT2D eigenvalue weighted by Gasteiger charge is 1.94. The summed E-state index contributed by atoms with van der Waals surface area (Å²) < 4.78 is 16.1. The first-order valence-corrected chi connectivity index (χ1v) is 8.25. The molecule has 5 nitrogen and oxygen atoms in total. The molecule has 0 aliphatic rings. The van der Waals surface area contributed by atoms with Crippen molar-refractivity contribution in [3.8, 4) is 0 Å². The topological polar surface area (TPSA) is 56.8 Å². The first kappa shape index (κ1) is 20.3. The minimum atomic E-state index is 0.000434. The van der Waals surface area contributed by atoms with Gasteiger partial charge in [0.25, 0.3) is 0 Å². The minimum absolute atomic E-state index is 0.000434. The minimum Gasteiger partial charge on any atom is -0.380 e. The zero-order valence-corrected chi connectivity index (χ0v) is 13.8. The molecule has 0 aromatic heterocycles. The van der Waals surface area contributed by atoms with Gasteiger partial charge in [-0.05, 0) is 19.8 Å². The summed E-state index contributed by atoms with van der Waals surface area (Å²) in [7, 11) is 0. The summed E-state index contributed by atoms with van der Waals surface area (Å²) in [5.41, 5.74) is 0. The fourth-order valence-electron chi connectivity index (χ4n) is 1.88. The van der Waals surface area contributed by atoms with E-state index < -0.39 is 0 Å². The van der Waals surface area contributed by atoms with Gasteiger partial charge in [0.2, 0.25) is 5.91 Å². The molecular formula is C16H33NO4. The number of hydrogen-bond acceptors (Lipinski definition) is 4. The van der Waals surface area contributed by atoms with Crippen LogP contribution in [-0.4, -0.2) is 52.1 Å². The van der Waals surface area contributed by atoms with Gasteiger partial charge in [-0.15, -0.1) is 0 Å². The maximum Gasteiger partial charge on any atom is 0.216 e. The fraction of sp³-hybridized carbons (Fsp3) is 0.938. The van der Waals surface area contributed by atoms with E-state index in [0.717, 1.165) is 32.7 Å². The Bertz CT molecular complexity index is 224. The predicted octanol–water partition coefficient (Wildman–Crippen LogP) is 2.53. The lowest BCUT2D eigenvalue weighted by molar-refractivity contribution is -0.119. The molecule has 0 radical (unpaired) electrons. The number of unbranched alkanes of at least 4 members (excludes halogenated alkanes) is 5. The molecule has 0 heterocycles. The van der Waals surface area contributed by atoms with Gasteiger partial charge in [-0.2, -0.15) is 0 Å². The maximum absolute atomic E-state index is 10.6. The Morgan fingerprint density at radius 3 is 1.86 bits per heavy atom. The molecule has 0 saturated heterocycles. The molecular weight excluding hydrogens is 270 g/mol. The Labute approximate surface area is 129 Å². The average molecular weight is 303 g/mol. The van der Waals surface area contributed by atoms with E-state index in [-0.39, 0.29) is 5.91 Å². The van der Waals surface area contributed by atoms with Crippen molar-refractivity contribution in [3.63, 3.8) is 0 Å². The molecule has 0 saturated carbocycles. The van der Waals surface area contributed by atoms with Gasteiger partial charge in [-0.3, -0.25) is 4.79 Å². The number of ether oxygens (including phenoxy) is 3. The van der Waals surface area contributed by atoms with E-state index in [1.54, 1.807) is 0 Å². The lowest BCUT2D eigenvalue weighted by Gasteiger charge is -2.06. The molecule has 0 spiro atoms. The van der Waals surface area contributed by atoms with Crippen LogP contribution < -0.4 is 5.32 Å². The van der Waals surface area contributed by atoms with Crippen molar-refractivity contribution in [1.82, 2.24) is 5.32 Å². The molecule has 5 heteroatoms. The molecule has 0 rings (SSSR count). The van der Waals surface area contributed by atoms with Gasteiger partial charge in [0, 0.05) is 33.3 Å². The maximum atomic E-state index is 10.6. The van der Waals surface area contributed by atoms with Gasteiger partial charge >= 0.3 is 0 Å². The summed E-state index contributed by atoms with van der Waals surface area (Å²) in [6.07, 6.45) is 7.21. The molecule has 0 atom stereocenters.